The summed E-state index contributed by atoms with van der Waals surface area (Å²) < 4.78 is 5.88. The highest BCUT2D eigenvalue weighted by molar-refractivity contribution is 5.77. The van der Waals surface area contributed by atoms with Crippen LogP contribution >= 0.6 is 0 Å². The van der Waals surface area contributed by atoms with Crippen molar-refractivity contribution in [2.45, 2.75) is 238 Å². The molecule has 1 amide bonds. The number of amides is 1. The Balaban J connectivity index is 4.63. The minimum atomic E-state index is -0.798. The number of aliphatic hydroxyl groups is 2. The molecule has 3 unspecified atom stereocenters. The third-order valence-electron chi connectivity index (χ3n) is 10.4. The van der Waals surface area contributed by atoms with Crippen LogP contribution in [0.2, 0.25) is 0 Å². The molecule has 0 spiro atoms. The van der Waals surface area contributed by atoms with Gasteiger partial charge in [-0.1, -0.05) is 197 Å². The van der Waals surface area contributed by atoms with Crippen LogP contribution in [0.25, 0.3) is 0 Å². The monoisotopic (exact) mass is 784 g/mol. The van der Waals surface area contributed by atoms with Crippen LogP contribution in [0.5, 0.6) is 0 Å². The Hall–Kier alpha value is -2.44. The van der Waals surface area contributed by atoms with Crippen LogP contribution in [0, 0.1) is 0 Å². The van der Waals surface area contributed by atoms with Crippen LogP contribution in [0.15, 0.2) is 60.8 Å². The molecular weight excluding hydrogens is 695 g/mol. The summed E-state index contributed by atoms with van der Waals surface area (Å²) in [5, 5.41) is 23.6. The molecule has 0 saturated carbocycles. The summed E-state index contributed by atoms with van der Waals surface area (Å²) >= 11 is 0. The summed E-state index contributed by atoms with van der Waals surface area (Å²) in [6, 6.07) is -0.714. The zero-order chi connectivity index (χ0) is 41.0. The zero-order valence-electron chi connectivity index (χ0n) is 36.8. The molecule has 0 aromatic carbocycles. The van der Waals surface area contributed by atoms with Gasteiger partial charge in [0.25, 0.3) is 0 Å². The molecule has 0 rings (SSSR count). The third-order valence-corrected chi connectivity index (χ3v) is 10.4. The van der Waals surface area contributed by atoms with Gasteiger partial charge in [-0.15, -0.1) is 0 Å². The third kappa shape index (κ3) is 38.4. The number of esters is 1. The first kappa shape index (κ1) is 53.6. The lowest BCUT2D eigenvalue weighted by atomic mass is 10.0. The molecule has 3 N–H and O–H groups in total. The molecule has 0 saturated heterocycles. The highest BCUT2D eigenvalue weighted by Gasteiger charge is 2.24. The van der Waals surface area contributed by atoms with Crippen LogP contribution in [0.4, 0.5) is 0 Å². The van der Waals surface area contributed by atoms with Gasteiger partial charge in [0.05, 0.1) is 25.2 Å². The molecule has 0 fully saturated rings. The Morgan fingerprint density at radius 1 is 0.536 bits per heavy atom. The standard InChI is InChI=1S/C50H89NO5/c1-4-7-10-13-16-19-22-23-24-25-28-31-34-37-40-43-50(55)56-46(41-38-35-32-29-26-20-17-14-11-8-5-2)44-49(54)51-47(45-52)48(53)42-39-36-33-30-27-21-18-15-12-9-6-3/h8,11,14,16-17,19-20,22-23,26,46-48,52-53H,4-7,9-10,12-13,15,18,21,24-25,27-45H2,1-3H3,(H,51,54)/b11-8+,17-14+,19-16+,23-22+,26-20-. The maximum atomic E-state index is 13.1. The smallest absolute Gasteiger partial charge is 0.306 e. The first-order valence-corrected chi connectivity index (χ1v) is 23.6. The van der Waals surface area contributed by atoms with Gasteiger partial charge in [-0.25, -0.2) is 0 Å². The number of rotatable bonds is 41. The predicted molar refractivity (Wildman–Crippen MR) is 241 cm³/mol. The van der Waals surface area contributed by atoms with Gasteiger partial charge in [-0.2, -0.15) is 0 Å². The highest BCUT2D eigenvalue weighted by atomic mass is 16.5. The van der Waals surface area contributed by atoms with Crippen molar-refractivity contribution in [3.05, 3.63) is 60.8 Å². The number of allylic oxidation sites excluding steroid dienone is 10. The van der Waals surface area contributed by atoms with E-state index in [4.69, 9.17) is 4.74 Å². The van der Waals surface area contributed by atoms with Gasteiger partial charge in [-0.3, -0.25) is 9.59 Å². The summed E-state index contributed by atoms with van der Waals surface area (Å²) in [6.45, 7) is 6.28. The van der Waals surface area contributed by atoms with Crippen molar-refractivity contribution < 1.29 is 24.5 Å². The molecule has 3 atom stereocenters. The maximum absolute atomic E-state index is 13.1. The number of carbonyl (C=O) groups excluding carboxylic acids is 2. The molecule has 0 aromatic heterocycles. The molecule has 6 nitrogen and oxygen atoms in total. The largest absolute Gasteiger partial charge is 0.462 e. The van der Waals surface area contributed by atoms with Crippen LogP contribution in [0.1, 0.15) is 220 Å². The van der Waals surface area contributed by atoms with E-state index in [1.807, 2.05) is 12.2 Å². The van der Waals surface area contributed by atoms with Crippen molar-refractivity contribution in [1.82, 2.24) is 5.32 Å². The number of nitrogens with one attached hydrogen (secondary N) is 1. The molecule has 0 aliphatic heterocycles. The van der Waals surface area contributed by atoms with E-state index in [1.165, 1.54) is 96.3 Å². The van der Waals surface area contributed by atoms with Gasteiger partial charge >= 0.3 is 5.97 Å². The predicted octanol–water partition coefficient (Wildman–Crippen LogP) is 13.7. The van der Waals surface area contributed by atoms with E-state index in [9.17, 15) is 19.8 Å². The molecule has 0 radical (unpaired) electrons. The Kier molecular flexibility index (Phi) is 41.8. The lowest BCUT2D eigenvalue weighted by Crippen LogP contribution is -2.46. The van der Waals surface area contributed by atoms with E-state index >= 15 is 0 Å². The Bertz CT molecular complexity index is 1010. The minimum absolute atomic E-state index is 0.0481. The highest BCUT2D eigenvalue weighted by Crippen LogP contribution is 2.17. The van der Waals surface area contributed by atoms with E-state index < -0.39 is 18.2 Å². The van der Waals surface area contributed by atoms with Gasteiger partial charge < -0.3 is 20.3 Å². The second kappa shape index (κ2) is 43.7. The fourth-order valence-corrected chi connectivity index (χ4v) is 6.83. The minimum Gasteiger partial charge on any atom is -0.462 e. The van der Waals surface area contributed by atoms with Crippen molar-refractivity contribution in [2.24, 2.45) is 0 Å². The SMILES string of the molecule is CC/C=C/C=C/C=C\CCCCCC(CC(=O)NC(CO)C(O)CCCCCCCCCCCCC)OC(=O)CCCCCCCC/C=C/C=C/CCCCC. The molecule has 0 aromatic rings. The molecule has 56 heavy (non-hydrogen) atoms. The molecule has 324 valence electrons. The van der Waals surface area contributed by atoms with Crippen LogP contribution in [-0.4, -0.2) is 46.9 Å². The van der Waals surface area contributed by atoms with Crippen molar-refractivity contribution in [1.29, 1.82) is 0 Å². The second-order valence-corrected chi connectivity index (χ2v) is 15.9. The van der Waals surface area contributed by atoms with Gasteiger partial charge in [0, 0.05) is 6.42 Å². The number of unbranched alkanes of at least 4 members (excludes halogenated alkanes) is 22. The van der Waals surface area contributed by atoms with E-state index in [-0.39, 0.29) is 24.9 Å². The Morgan fingerprint density at radius 3 is 1.52 bits per heavy atom. The molecule has 0 aliphatic rings. The first-order valence-electron chi connectivity index (χ1n) is 23.6. The van der Waals surface area contributed by atoms with E-state index in [0.717, 1.165) is 77.0 Å². The van der Waals surface area contributed by atoms with Gasteiger partial charge in [-0.05, 0) is 70.6 Å². The summed E-state index contributed by atoms with van der Waals surface area (Å²) in [5.74, 6) is -0.526. The number of carbonyl (C=O) groups is 2. The second-order valence-electron chi connectivity index (χ2n) is 15.9. The number of hydrogen-bond donors (Lipinski definition) is 3. The Morgan fingerprint density at radius 2 is 0.964 bits per heavy atom. The van der Waals surface area contributed by atoms with Crippen molar-refractivity contribution in [3.8, 4) is 0 Å². The van der Waals surface area contributed by atoms with Crippen LogP contribution in [0.3, 0.4) is 0 Å². The lowest BCUT2D eigenvalue weighted by Gasteiger charge is -2.24. The first-order chi connectivity index (χ1) is 27.5. The quantitative estimate of drug-likeness (QED) is 0.0326. The molecule has 0 aliphatic carbocycles. The molecule has 6 heteroatoms. The van der Waals surface area contributed by atoms with E-state index in [2.05, 4.69) is 74.7 Å². The van der Waals surface area contributed by atoms with Crippen molar-refractivity contribution in [3.63, 3.8) is 0 Å². The molecule has 0 bridgehead atoms. The zero-order valence-corrected chi connectivity index (χ0v) is 36.8. The summed E-state index contributed by atoms with van der Waals surface area (Å²) in [6.07, 6.45) is 52.8. The van der Waals surface area contributed by atoms with E-state index in [0.29, 0.717) is 19.3 Å². The van der Waals surface area contributed by atoms with Crippen LogP contribution < -0.4 is 5.32 Å². The summed E-state index contributed by atoms with van der Waals surface area (Å²) in [4.78, 5) is 26.0. The molecular formula is C50H89NO5. The summed E-state index contributed by atoms with van der Waals surface area (Å²) in [7, 11) is 0. The summed E-state index contributed by atoms with van der Waals surface area (Å²) in [5.41, 5.74) is 0. The average molecular weight is 784 g/mol. The lowest BCUT2D eigenvalue weighted by molar-refractivity contribution is -0.151. The fourth-order valence-electron chi connectivity index (χ4n) is 6.83. The van der Waals surface area contributed by atoms with Crippen molar-refractivity contribution in [2.75, 3.05) is 6.61 Å². The average Bonchev–Trinajstić information content (AvgIpc) is 3.19. The topological polar surface area (TPSA) is 95.9 Å². The Labute approximate surface area is 346 Å². The fraction of sp³-hybridized carbons (Fsp3) is 0.760. The van der Waals surface area contributed by atoms with Crippen molar-refractivity contribution >= 4 is 11.9 Å². The van der Waals surface area contributed by atoms with E-state index in [1.54, 1.807) is 0 Å². The number of ether oxygens (including phenoxy) is 1. The van der Waals surface area contributed by atoms with Gasteiger partial charge in [0.15, 0.2) is 0 Å². The molecule has 0 heterocycles. The van der Waals surface area contributed by atoms with Gasteiger partial charge in [0.2, 0.25) is 5.91 Å². The number of hydrogen-bond acceptors (Lipinski definition) is 5. The van der Waals surface area contributed by atoms with Crippen LogP contribution in [-0.2, 0) is 14.3 Å². The normalized spacial score (nSPS) is 13.9. The maximum Gasteiger partial charge on any atom is 0.306 e. The van der Waals surface area contributed by atoms with Gasteiger partial charge in [0.1, 0.15) is 6.10 Å². The number of aliphatic hydroxyl groups excluding tert-OH is 2.